The molecule has 1 aliphatic carbocycles. The third-order valence-electron chi connectivity index (χ3n) is 4.82. The average Bonchev–Trinajstić information content (AvgIpc) is 2.96. The summed E-state index contributed by atoms with van der Waals surface area (Å²) in [7, 11) is 0. The van der Waals surface area contributed by atoms with Gasteiger partial charge in [-0.2, -0.15) is 4.98 Å². The van der Waals surface area contributed by atoms with E-state index in [1.165, 1.54) is 25.0 Å². The standard InChI is InChI=1S/C16H18FN3O.ClH/c17-12-3-1-2-11(8-12)9-14-19-15(21-20-14)13-10-16(13)4-6-18-7-5-16;/h1-3,8,13,18H,4-7,9-10H2;1H. The minimum absolute atomic E-state index is 0. The van der Waals surface area contributed by atoms with Crippen LogP contribution in [-0.2, 0) is 6.42 Å². The molecule has 1 spiro atoms. The van der Waals surface area contributed by atoms with Crippen molar-refractivity contribution in [2.24, 2.45) is 5.41 Å². The van der Waals surface area contributed by atoms with Gasteiger partial charge in [0.1, 0.15) is 5.82 Å². The van der Waals surface area contributed by atoms with Gasteiger partial charge in [-0.3, -0.25) is 0 Å². The Kier molecular flexibility index (Phi) is 4.19. The predicted octanol–water partition coefficient (Wildman–Crippen LogP) is 3.08. The van der Waals surface area contributed by atoms with Crippen molar-refractivity contribution in [2.45, 2.75) is 31.6 Å². The van der Waals surface area contributed by atoms with Crippen molar-refractivity contribution in [1.29, 1.82) is 0 Å². The minimum atomic E-state index is -0.230. The number of halogens is 2. The second-order valence-electron chi connectivity index (χ2n) is 6.22. The molecule has 4 nitrogen and oxygen atoms in total. The molecule has 22 heavy (non-hydrogen) atoms. The monoisotopic (exact) mass is 323 g/mol. The number of nitrogens with zero attached hydrogens (tertiary/aromatic N) is 2. The Morgan fingerprint density at radius 2 is 2.14 bits per heavy atom. The van der Waals surface area contributed by atoms with E-state index in [2.05, 4.69) is 15.5 Å². The summed E-state index contributed by atoms with van der Waals surface area (Å²) < 4.78 is 18.6. The summed E-state index contributed by atoms with van der Waals surface area (Å²) in [4.78, 5) is 4.53. The van der Waals surface area contributed by atoms with E-state index in [-0.39, 0.29) is 18.2 Å². The molecule has 1 aromatic heterocycles. The SMILES string of the molecule is Cl.Fc1cccc(Cc2noc(C3CC34CCNCC4)n2)c1. The minimum Gasteiger partial charge on any atom is -0.339 e. The van der Waals surface area contributed by atoms with Gasteiger partial charge in [-0.25, -0.2) is 4.39 Å². The Bertz CT molecular complexity index is 654. The fourth-order valence-corrected chi connectivity index (χ4v) is 3.48. The quantitative estimate of drug-likeness (QED) is 0.943. The maximum absolute atomic E-state index is 13.2. The van der Waals surface area contributed by atoms with Gasteiger partial charge >= 0.3 is 0 Å². The molecule has 6 heteroatoms. The van der Waals surface area contributed by atoms with Crippen LogP contribution in [0.3, 0.4) is 0 Å². The molecule has 1 aliphatic heterocycles. The van der Waals surface area contributed by atoms with E-state index in [1.807, 2.05) is 6.07 Å². The van der Waals surface area contributed by atoms with E-state index >= 15 is 0 Å². The van der Waals surface area contributed by atoms with Crippen LogP contribution in [0.5, 0.6) is 0 Å². The smallest absolute Gasteiger partial charge is 0.230 e. The predicted molar refractivity (Wildman–Crippen MR) is 82.6 cm³/mol. The number of nitrogens with one attached hydrogen (secondary N) is 1. The molecule has 1 saturated heterocycles. The highest BCUT2D eigenvalue weighted by Gasteiger charge is 2.57. The summed E-state index contributed by atoms with van der Waals surface area (Å²) in [5.74, 6) is 1.61. The van der Waals surface area contributed by atoms with E-state index in [0.29, 0.717) is 23.6 Å². The molecule has 2 aliphatic rings. The zero-order valence-electron chi connectivity index (χ0n) is 12.2. The first-order chi connectivity index (χ1) is 10.3. The first kappa shape index (κ1) is 15.4. The number of aromatic nitrogens is 2. The molecule has 2 heterocycles. The van der Waals surface area contributed by atoms with Crippen LogP contribution in [0.25, 0.3) is 0 Å². The number of hydrogen-bond acceptors (Lipinski definition) is 4. The highest BCUT2D eigenvalue weighted by molar-refractivity contribution is 5.85. The van der Waals surface area contributed by atoms with Gasteiger partial charge in [0.2, 0.25) is 5.89 Å². The van der Waals surface area contributed by atoms with Crippen LogP contribution in [0.1, 0.15) is 42.5 Å². The van der Waals surface area contributed by atoms with Gasteiger partial charge in [0.15, 0.2) is 5.82 Å². The summed E-state index contributed by atoms with van der Waals surface area (Å²) in [6.07, 6.45) is 4.07. The fourth-order valence-electron chi connectivity index (χ4n) is 3.48. The average molecular weight is 324 g/mol. The maximum Gasteiger partial charge on any atom is 0.230 e. The largest absolute Gasteiger partial charge is 0.339 e. The molecule has 1 saturated carbocycles. The molecule has 2 fully saturated rings. The van der Waals surface area contributed by atoms with Crippen LogP contribution in [-0.4, -0.2) is 23.2 Å². The molecule has 0 amide bonds. The molecule has 1 unspecified atom stereocenters. The molecule has 1 N–H and O–H groups in total. The van der Waals surface area contributed by atoms with Crippen molar-refractivity contribution in [3.8, 4) is 0 Å². The lowest BCUT2D eigenvalue weighted by atomic mass is 9.92. The first-order valence-corrected chi connectivity index (χ1v) is 7.53. The molecule has 1 aromatic carbocycles. The van der Waals surface area contributed by atoms with Crippen molar-refractivity contribution in [1.82, 2.24) is 15.5 Å². The summed E-state index contributed by atoms with van der Waals surface area (Å²) in [5.41, 5.74) is 1.27. The topological polar surface area (TPSA) is 51.0 Å². The molecule has 0 radical (unpaired) electrons. The van der Waals surface area contributed by atoms with Gasteiger partial charge in [0.25, 0.3) is 0 Å². The summed E-state index contributed by atoms with van der Waals surface area (Å²) in [6, 6.07) is 6.54. The summed E-state index contributed by atoms with van der Waals surface area (Å²) >= 11 is 0. The van der Waals surface area contributed by atoms with E-state index in [9.17, 15) is 4.39 Å². The number of rotatable bonds is 3. The number of hydrogen-bond donors (Lipinski definition) is 1. The van der Waals surface area contributed by atoms with Crippen LogP contribution in [0.15, 0.2) is 28.8 Å². The van der Waals surface area contributed by atoms with Crippen molar-refractivity contribution < 1.29 is 8.91 Å². The third kappa shape index (κ3) is 2.88. The lowest BCUT2D eigenvalue weighted by Crippen LogP contribution is -2.29. The zero-order valence-corrected chi connectivity index (χ0v) is 13.0. The molecule has 0 bridgehead atoms. The van der Waals surface area contributed by atoms with Crippen LogP contribution in [0.4, 0.5) is 4.39 Å². The van der Waals surface area contributed by atoms with Crippen LogP contribution in [0.2, 0.25) is 0 Å². The van der Waals surface area contributed by atoms with E-state index in [0.717, 1.165) is 31.0 Å². The molecule has 4 rings (SSSR count). The van der Waals surface area contributed by atoms with Gasteiger partial charge in [-0.15, -0.1) is 12.4 Å². The van der Waals surface area contributed by atoms with Crippen molar-refractivity contribution in [3.05, 3.63) is 47.4 Å². The zero-order chi connectivity index (χ0) is 14.3. The van der Waals surface area contributed by atoms with Gasteiger partial charge in [-0.05, 0) is 55.5 Å². The van der Waals surface area contributed by atoms with E-state index < -0.39 is 0 Å². The second-order valence-corrected chi connectivity index (χ2v) is 6.22. The van der Waals surface area contributed by atoms with Crippen molar-refractivity contribution >= 4 is 12.4 Å². The Hall–Kier alpha value is -1.46. The lowest BCUT2D eigenvalue weighted by Gasteiger charge is -2.22. The molecule has 2 aromatic rings. The van der Waals surface area contributed by atoms with Gasteiger partial charge < -0.3 is 9.84 Å². The van der Waals surface area contributed by atoms with E-state index in [4.69, 9.17) is 4.52 Å². The summed E-state index contributed by atoms with van der Waals surface area (Å²) in [5, 5.41) is 7.45. The molecule has 1 atom stereocenters. The first-order valence-electron chi connectivity index (χ1n) is 7.53. The van der Waals surface area contributed by atoms with Crippen LogP contribution < -0.4 is 5.32 Å². The second kappa shape index (κ2) is 5.97. The van der Waals surface area contributed by atoms with Crippen LogP contribution in [0, 0.1) is 11.2 Å². The Morgan fingerprint density at radius 3 is 2.91 bits per heavy atom. The Morgan fingerprint density at radius 1 is 1.32 bits per heavy atom. The van der Waals surface area contributed by atoms with Crippen molar-refractivity contribution in [2.75, 3.05) is 13.1 Å². The lowest BCUT2D eigenvalue weighted by molar-refractivity contribution is 0.310. The van der Waals surface area contributed by atoms with Gasteiger partial charge in [0, 0.05) is 12.3 Å². The molecular formula is C16H19ClFN3O. The fraction of sp³-hybridized carbons (Fsp3) is 0.500. The summed E-state index contributed by atoms with van der Waals surface area (Å²) in [6.45, 7) is 2.17. The van der Waals surface area contributed by atoms with Gasteiger partial charge in [0.05, 0.1) is 0 Å². The van der Waals surface area contributed by atoms with Crippen molar-refractivity contribution in [3.63, 3.8) is 0 Å². The Labute approximate surface area is 134 Å². The molecule has 118 valence electrons. The third-order valence-corrected chi connectivity index (χ3v) is 4.82. The molecular weight excluding hydrogens is 305 g/mol. The van der Waals surface area contributed by atoms with Crippen LogP contribution >= 0.6 is 12.4 Å². The van der Waals surface area contributed by atoms with E-state index in [1.54, 1.807) is 6.07 Å². The number of benzene rings is 1. The highest BCUT2D eigenvalue weighted by Crippen LogP contribution is 2.63. The Balaban J connectivity index is 0.00000144. The van der Waals surface area contributed by atoms with Gasteiger partial charge in [-0.1, -0.05) is 17.3 Å². The highest BCUT2D eigenvalue weighted by atomic mass is 35.5. The number of piperidine rings is 1. The maximum atomic E-state index is 13.2. The normalized spacial score (nSPS) is 22.3.